The van der Waals surface area contributed by atoms with Crippen LogP contribution >= 0.6 is 0 Å². The predicted molar refractivity (Wildman–Crippen MR) is 77.5 cm³/mol. The smallest absolute Gasteiger partial charge is 0.252 e. The first-order valence-corrected chi connectivity index (χ1v) is 7.26. The Hall–Kier alpha value is -1.51. The summed E-state index contributed by atoms with van der Waals surface area (Å²) in [6.07, 6.45) is 4.57. The molecule has 0 spiro atoms. The van der Waals surface area contributed by atoms with Gasteiger partial charge in [-0.25, -0.2) is 0 Å². The molecule has 1 aliphatic heterocycles. The third-order valence-electron chi connectivity index (χ3n) is 4.37. The standard InChI is InChI=1S/C16H22N2O/c1-16(2,11-8-9-11)18-15(19)13-5-3-7-14-12(13)6-4-10-17-14/h3,5,7,11,17H,4,6,8-10H2,1-2H3,(H,18,19). The molecule has 19 heavy (non-hydrogen) atoms. The summed E-state index contributed by atoms with van der Waals surface area (Å²) >= 11 is 0. The first-order chi connectivity index (χ1) is 9.08. The lowest BCUT2D eigenvalue weighted by atomic mass is 9.94. The summed E-state index contributed by atoms with van der Waals surface area (Å²) < 4.78 is 0. The molecule has 0 bridgehead atoms. The minimum atomic E-state index is -0.0814. The van der Waals surface area contributed by atoms with Gasteiger partial charge in [-0.05, 0) is 63.1 Å². The molecule has 0 saturated heterocycles. The van der Waals surface area contributed by atoms with Crippen molar-refractivity contribution < 1.29 is 4.79 Å². The van der Waals surface area contributed by atoms with E-state index in [1.165, 1.54) is 18.4 Å². The molecule has 2 N–H and O–H groups in total. The lowest BCUT2D eigenvalue weighted by Gasteiger charge is -2.28. The molecule has 1 saturated carbocycles. The zero-order valence-corrected chi connectivity index (χ0v) is 11.8. The number of fused-ring (bicyclic) bond motifs is 1. The van der Waals surface area contributed by atoms with Gasteiger partial charge in [0.05, 0.1) is 0 Å². The van der Waals surface area contributed by atoms with Crippen LogP contribution < -0.4 is 10.6 Å². The molecule has 3 rings (SSSR count). The lowest BCUT2D eigenvalue weighted by molar-refractivity contribution is 0.0902. The number of anilines is 1. The molecule has 1 heterocycles. The van der Waals surface area contributed by atoms with Gasteiger partial charge in [-0.3, -0.25) is 4.79 Å². The number of carbonyl (C=O) groups is 1. The highest BCUT2D eigenvalue weighted by Gasteiger charge is 2.39. The van der Waals surface area contributed by atoms with Crippen molar-refractivity contribution in [2.24, 2.45) is 5.92 Å². The van der Waals surface area contributed by atoms with E-state index in [2.05, 4.69) is 30.5 Å². The van der Waals surface area contributed by atoms with E-state index in [4.69, 9.17) is 0 Å². The minimum Gasteiger partial charge on any atom is -0.385 e. The van der Waals surface area contributed by atoms with Crippen molar-refractivity contribution in [3.8, 4) is 0 Å². The molecule has 102 valence electrons. The maximum Gasteiger partial charge on any atom is 0.252 e. The third kappa shape index (κ3) is 2.46. The zero-order chi connectivity index (χ0) is 13.5. The van der Waals surface area contributed by atoms with Crippen LogP contribution in [0.5, 0.6) is 0 Å². The first-order valence-electron chi connectivity index (χ1n) is 7.26. The number of rotatable bonds is 3. The van der Waals surface area contributed by atoms with Crippen LogP contribution in [0, 0.1) is 5.92 Å². The molecule has 1 amide bonds. The average molecular weight is 258 g/mol. The van der Waals surface area contributed by atoms with Gasteiger partial charge in [0, 0.05) is 23.3 Å². The summed E-state index contributed by atoms with van der Waals surface area (Å²) in [7, 11) is 0. The largest absolute Gasteiger partial charge is 0.385 e. The third-order valence-corrected chi connectivity index (χ3v) is 4.37. The van der Waals surface area contributed by atoms with Crippen LogP contribution in [0.4, 0.5) is 5.69 Å². The van der Waals surface area contributed by atoms with E-state index in [-0.39, 0.29) is 11.4 Å². The van der Waals surface area contributed by atoms with Gasteiger partial charge in [-0.15, -0.1) is 0 Å². The second-order valence-electron chi connectivity index (χ2n) is 6.31. The summed E-state index contributed by atoms with van der Waals surface area (Å²) in [5.74, 6) is 0.728. The number of hydrogen-bond donors (Lipinski definition) is 2. The number of nitrogens with one attached hydrogen (secondary N) is 2. The summed E-state index contributed by atoms with van der Waals surface area (Å²) in [5, 5.41) is 6.59. The zero-order valence-electron chi connectivity index (χ0n) is 11.8. The molecular formula is C16H22N2O. The predicted octanol–water partition coefficient (Wildman–Crippen LogP) is 2.96. The maximum atomic E-state index is 12.5. The maximum absolute atomic E-state index is 12.5. The molecule has 2 aliphatic rings. The van der Waals surface area contributed by atoms with Crippen molar-refractivity contribution in [3.05, 3.63) is 29.3 Å². The van der Waals surface area contributed by atoms with Crippen molar-refractivity contribution in [2.75, 3.05) is 11.9 Å². The monoisotopic (exact) mass is 258 g/mol. The van der Waals surface area contributed by atoms with Crippen molar-refractivity contribution in [1.29, 1.82) is 0 Å². The molecule has 0 atom stereocenters. The molecule has 1 aromatic rings. The normalized spacial score (nSPS) is 18.4. The van der Waals surface area contributed by atoms with Gasteiger partial charge in [0.1, 0.15) is 0 Å². The topological polar surface area (TPSA) is 41.1 Å². The van der Waals surface area contributed by atoms with Crippen molar-refractivity contribution in [2.45, 2.75) is 45.1 Å². The van der Waals surface area contributed by atoms with Crippen LogP contribution in [0.1, 0.15) is 49.0 Å². The second-order valence-corrected chi connectivity index (χ2v) is 6.31. The van der Waals surface area contributed by atoms with Crippen LogP contribution in [0.3, 0.4) is 0 Å². The van der Waals surface area contributed by atoms with Gasteiger partial charge < -0.3 is 10.6 Å². The number of benzene rings is 1. The fraction of sp³-hybridized carbons (Fsp3) is 0.562. The van der Waals surface area contributed by atoms with Gasteiger partial charge >= 0.3 is 0 Å². The van der Waals surface area contributed by atoms with Crippen LogP contribution in [-0.2, 0) is 6.42 Å². The van der Waals surface area contributed by atoms with Crippen molar-refractivity contribution in [1.82, 2.24) is 5.32 Å². The Morgan fingerprint density at radius 1 is 1.37 bits per heavy atom. The molecule has 1 fully saturated rings. The van der Waals surface area contributed by atoms with Gasteiger partial charge in [-0.1, -0.05) is 6.07 Å². The van der Waals surface area contributed by atoms with Gasteiger partial charge in [0.2, 0.25) is 0 Å². The van der Waals surface area contributed by atoms with E-state index in [0.717, 1.165) is 30.6 Å². The first kappa shape index (κ1) is 12.5. The Labute approximate surface area is 114 Å². The fourth-order valence-corrected chi connectivity index (χ4v) is 2.99. The SMILES string of the molecule is CC(C)(NC(=O)c1cccc2c1CCCN2)C1CC1. The molecule has 0 aromatic heterocycles. The van der Waals surface area contributed by atoms with Gasteiger partial charge in [0.25, 0.3) is 5.91 Å². The highest BCUT2D eigenvalue weighted by molar-refractivity contribution is 5.97. The Kier molecular flexibility index (Phi) is 3.00. The number of hydrogen-bond acceptors (Lipinski definition) is 2. The van der Waals surface area contributed by atoms with Crippen LogP contribution in [0.25, 0.3) is 0 Å². The van der Waals surface area contributed by atoms with Gasteiger partial charge in [0.15, 0.2) is 0 Å². The van der Waals surface area contributed by atoms with Crippen molar-refractivity contribution in [3.63, 3.8) is 0 Å². The van der Waals surface area contributed by atoms with E-state index in [1.807, 2.05) is 12.1 Å². The minimum absolute atomic E-state index is 0.0810. The van der Waals surface area contributed by atoms with Crippen molar-refractivity contribution >= 4 is 11.6 Å². The summed E-state index contributed by atoms with van der Waals surface area (Å²) in [6, 6.07) is 5.98. The molecule has 0 unspecified atom stereocenters. The number of carbonyl (C=O) groups excluding carboxylic acids is 1. The Morgan fingerprint density at radius 3 is 2.89 bits per heavy atom. The summed E-state index contributed by atoms with van der Waals surface area (Å²) in [6.45, 7) is 5.28. The summed E-state index contributed by atoms with van der Waals surface area (Å²) in [4.78, 5) is 12.5. The Morgan fingerprint density at radius 2 is 2.16 bits per heavy atom. The Bertz CT molecular complexity index is 503. The highest BCUT2D eigenvalue weighted by atomic mass is 16.1. The van der Waals surface area contributed by atoms with Crippen LogP contribution in [0.15, 0.2) is 18.2 Å². The van der Waals surface area contributed by atoms with E-state index in [9.17, 15) is 4.79 Å². The number of amides is 1. The fourth-order valence-electron chi connectivity index (χ4n) is 2.99. The second kappa shape index (κ2) is 4.55. The quantitative estimate of drug-likeness (QED) is 0.875. The van der Waals surface area contributed by atoms with Crippen LogP contribution in [0.2, 0.25) is 0 Å². The molecule has 0 radical (unpaired) electrons. The lowest BCUT2D eigenvalue weighted by Crippen LogP contribution is -2.45. The average Bonchev–Trinajstić information content (AvgIpc) is 3.22. The molecule has 1 aromatic carbocycles. The van der Waals surface area contributed by atoms with Gasteiger partial charge in [-0.2, -0.15) is 0 Å². The molecular weight excluding hydrogens is 236 g/mol. The molecule has 3 heteroatoms. The van der Waals surface area contributed by atoms with Crippen LogP contribution in [-0.4, -0.2) is 18.0 Å². The highest BCUT2D eigenvalue weighted by Crippen LogP contribution is 2.39. The summed E-state index contributed by atoms with van der Waals surface area (Å²) in [5.41, 5.74) is 3.07. The van der Waals surface area contributed by atoms with E-state index >= 15 is 0 Å². The Balaban J connectivity index is 1.83. The molecule has 3 nitrogen and oxygen atoms in total. The molecule has 1 aliphatic carbocycles. The van der Waals surface area contributed by atoms with E-state index in [1.54, 1.807) is 0 Å². The van der Waals surface area contributed by atoms with E-state index in [0.29, 0.717) is 5.92 Å². The van der Waals surface area contributed by atoms with E-state index < -0.39 is 0 Å².